The SMILES string of the molecule is CCCc1nc(Cc2ccc(-c3ccccc3C(=O)O)cc2)n(C2CCCCC2)n1. The molecule has 30 heavy (non-hydrogen) atoms. The summed E-state index contributed by atoms with van der Waals surface area (Å²) in [6.45, 7) is 2.16. The van der Waals surface area contributed by atoms with Crippen molar-refractivity contribution in [1.29, 1.82) is 0 Å². The van der Waals surface area contributed by atoms with E-state index in [2.05, 4.69) is 23.7 Å². The van der Waals surface area contributed by atoms with Crippen molar-refractivity contribution in [2.75, 3.05) is 0 Å². The van der Waals surface area contributed by atoms with Crippen LogP contribution in [-0.2, 0) is 12.8 Å². The average molecular weight is 404 g/mol. The van der Waals surface area contributed by atoms with E-state index in [0.717, 1.165) is 42.0 Å². The van der Waals surface area contributed by atoms with Gasteiger partial charge in [-0.2, -0.15) is 5.10 Å². The van der Waals surface area contributed by atoms with Crippen LogP contribution in [0.1, 0.15) is 79.1 Å². The maximum atomic E-state index is 11.5. The normalized spacial score (nSPS) is 14.7. The second-order valence-corrected chi connectivity index (χ2v) is 8.16. The number of aromatic nitrogens is 3. The van der Waals surface area contributed by atoms with Crippen LogP contribution in [0.2, 0.25) is 0 Å². The molecule has 0 radical (unpaired) electrons. The molecule has 1 saturated carbocycles. The molecule has 0 saturated heterocycles. The summed E-state index contributed by atoms with van der Waals surface area (Å²) in [5.41, 5.74) is 3.15. The summed E-state index contributed by atoms with van der Waals surface area (Å²) in [5.74, 6) is 1.09. The molecule has 0 amide bonds. The van der Waals surface area contributed by atoms with Gasteiger partial charge in [0.25, 0.3) is 0 Å². The van der Waals surface area contributed by atoms with E-state index < -0.39 is 5.97 Å². The van der Waals surface area contributed by atoms with Crippen molar-refractivity contribution in [2.24, 2.45) is 0 Å². The molecule has 0 unspecified atom stereocenters. The van der Waals surface area contributed by atoms with Gasteiger partial charge < -0.3 is 5.11 Å². The van der Waals surface area contributed by atoms with Crippen LogP contribution >= 0.6 is 0 Å². The predicted octanol–water partition coefficient (Wildman–Crippen LogP) is 5.69. The minimum atomic E-state index is -0.904. The van der Waals surface area contributed by atoms with Crippen molar-refractivity contribution in [2.45, 2.75) is 64.3 Å². The molecule has 5 nitrogen and oxygen atoms in total. The van der Waals surface area contributed by atoms with Crippen molar-refractivity contribution < 1.29 is 9.90 Å². The first kappa shape index (κ1) is 20.3. The Morgan fingerprint density at radius 1 is 1.07 bits per heavy atom. The van der Waals surface area contributed by atoms with Crippen LogP contribution in [0.3, 0.4) is 0 Å². The van der Waals surface area contributed by atoms with Gasteiger partial charge in [-0.1, -0.05) is 68.7 Å². The maximum Gasteiger partial charge on any atom is 0.336 e. The van der Waals surface area contributed by atoms with Gasteiger partial charge in [-0.05, 0) is 42.0 Å². The summed E-state index contributed by atoms with van der Waals surface area (Å²) >= 11 is 0. The quantitative estimate of drug-likeness (QED) is 0.550. The van der Waals surface area contributed by atoms with Crippen molar-refractivity contribution in [1.82, 2.24) is 14.8 Å². The molecule has 1 heterocycles. The van der Waals surface area contributed by atoms with E-state index in [-0.39, 0.29) is 0 Å². The summed E-state index contributed by atoms with van der Waals surface area (Å²) in [5, 5.41) is 14.3. The number of nitrogens with zero attached hydrogens (tertiary/aromatic N) is 3. The zero-order valence-electron chi connectivity index (χ0n) is 17.6. The highest BCUT2D eigenvalue weighted by Gasteiger charge is 2.21. The molecule has 0 aliphatic heterocycles. The highest BCUT2D eigenvalue weighted by Crippen LogP contribution is 2.30. The van der Waals surface area contributed by atoms with Crippen LogP contribution in [0.25, 0.3) is 11.1 Å². The van der Waals surface area contributed by atoms with Gasteiger partial charge in [0, 0.05) is 12.8 Å². The summed E-state index contributed by atoms with van der Waals surface area (Å²) in [4.78, 5) is 16.4. The minimum absolute atomic E-state index is 0.325. The monoisotopic (exact) mass is 403 g/mol. The van der Waals surface area contributed by atoms with Crippen LogP contribution in [0.15, 0.2) is 48.5 Å². The molecule has 1 aliphatic carbocycles. The van der Waals surface area contributed by atoms with Crippen LogP contribution in [0.5, 0.6) is 0 Å². The number of hydrogen-bond acceptors (Lipinski definition) is 3. The molecule has 1 aromatic heterocycles. The summed E-state index contributed by atoms with van der Waals surface area (Å²) in [6.07, 6.45) is 8.94. The second-order valence-electron chi connectivity index (χ2n) is 8.16. The van der Waals surface area contributed by atoms with Crippen molar-refractivity contribution in [3.63, 3.8) is 0 Å². The Morgan fingerprint density at radius 3 is 2.50 bits per heavy atom. The van der Waals surface area contributed by atoms with Gasteiger partial charge >= 0.3 is 5.97 Å². The molecule has 3 aromatic rings. The van der Waals surface area contributed by atoms with E-state index in [1.54, 1.807) is 12.1 Å². The third-order valence-electron chi connectivity index (χ3n) is 5.92. The van der Waals surface area contributed by atoms with E-state index in [9.17, 15) is 9.90 Å². The Morgan fingerprint density at radius 2 is 1.80 bits per heavy atom. The van der Waals surface area contributed by atoms with Crippen LogP contribution in [-0.4, -0.2) is 25.8 Å². The number of carboxylic acids is 1. The van der Waals surface area contributed by atoms with Crippen LogP contribution in [0.4, 0.5) is 0 Å². The molecule has 1 N–H and O–H groups in total. The van der Waals surface area contributed by atoms with Crippen molar-refractivity contribution >= 4 is 5.97 Å². The Kier molecular flexibility index (Phi) is 6.26. The number of hydrogen-bond donors (Lipinski definition) is 1. The predicted molar refractivity (Wildman–Crippen MR) is 118 cm³/mol. The molecule has 156 valence electrons. The van der Waals surface area contributed by atoms with Gasteiger partial charge in [0.15, 0.2) is 5.82 Å². The molecule has 0 atom stereocenters. The summed E-state index contributed by atoms with van der Waals surface area (Å²) < 4.78 is 2.19. The topological polar surface area (TPSA) is 68.0 Å². The fraction of sp³-hybridized carbons (Fsp3) is 0.400. The van der Waals surface area contributed by atoms with E-state index in [1.165, 1.54) is 37.7 Å². The largest absolute Gasteiger partial charge is 0.478 e. The molecule has 0 spiro atoms. The highest BCUT2D eigenvalue weighted by atomic mass is 16.4. The number of carbonyl (C=O) groups is 1. The first-order chi connectivity index (χ1) is 14.7. The molecule has 1 fully saturated rings. The average Bonchev–Trinajstić information content (AvgIpc) is 3.17. The first-order valence-corrected chi connectivity index (χ1v) is 11.0. The smallest absolute Gasteiger partial charge is 0.336 e. The fourth-order valence-corrected chi connectivity index (χ4v) is 4.38. The third-order valence-corrected chi connectivity index (χ3v) is 5.92. The van der Waals surface area contributed by atoms with Crippen molar-refractivity contribution in [3.05, 3.63) is 71.3 Å². The number of aryl methyl sites for hydroxylation is 1. The lowest BCUT2D eigenvalue weighted by Crippen LogP contribution is -2.17. The van der Waals surface area contributed by atoms with Gasteiger partial charge in [0.05, 0.1) is 11.6 Å². The molecule has 2 aromatic carbocycles. The Bertz CT molecular complexity index is 1000. The number of rotatable bonds is 7. The Hall–Kier alpha value is -2.95. The van der Waals surface area contributed by atoms with Crippen molar-refractivity contribution in [3.8, 4) is 11.1 Å². The number of carboxylic acid groups (broad SMARTS) is 1. The molecule has 0 bridgehead atoms. The van der Waals surface area contributed by atoms with E-state index in [1.807, 2.05) is 24.3 Å². The zero-order chi connectivity index (χ0) is 20.9. The third kappa shape index (κ3) is 4.45. The zero-order valence-corrected chi connectivity index (χ0v) is 17.6. The second kappa shape index (κ2) is 9.24. The molecular weight excluding hydrogens is 374 g/mol. The summed E-state index contributed by atoms with van der Waals surface area (Å²) in [7, 11) is 0. The highest BCUT2D eigenvalue weighted by molar-refractivity contribution is 5.95. The fourth-order valence-electron chi connectivity index (χ4n) is 4.38. The van der Waals surface area contributed by atoms with Gasteiger partial charge in [-0.25, -0.2) is 14.5 Å². The molecule has 5 heteroatoms. The molecule has 4 rings (SSSR count). The maximum absolute atomic E-state index is 11.5. The lowest BCUT2D eigenvalue weighted by Gasteiger charge is -2.23. The van der Waals surface area contributed by atoms with Crippen LogP contribution < -0.4 is 0 Å². The van der Waals surface area contributed by atoms with Gasteiger partial charge in [-0.15, -0.1) is 0 Å². The van der Waals surface area contributed by atoms with E-state index in [4.69, 9.17) is 10.1 Å². The lowest BCUT2D eigenvalue weighted by molar-refractivity contribution is 0.0697. The van der Waals surface area contributed by atoms with Crippen LogP contribution in [0, 0.1) is 0 Å². The Balaban J connectivity index is 1.58. The lowest BCUT2D eigenvalue weighted by atomic mass is 9.95. The van der Waals surface area contributed by atoms with Gasteiger partial charge in [0.2, 0.25) is 0 Å². The minimum Gasteiger partial charge on any atom is -0.478 e. The van der Waals surface area contributed by atoms with Gasteiger partial charge in [-0.3, -0.25) is 0 Å². The molecule has 1 aliphatic rings. The van der Waals surface area contributed by atoms with E-state index in [0.29, 0.717) is 11.6 Å². The van der Waals surface area contributed by atoms with Gasteiger partial charge in [0.1, 0.15) is 5.82 Å². The number of benzene rings is 2. The number of aromatic carboxylic acids is 1. The summed E-state index contributed by atoms with van der Waals surface area (Å²) in [6, 6.07) is 15.8. The standard InChI is InChI=1S/C25H29N3O2/c1-2-8-23-26-24(28(27-23)20-9-4-3-5-10-20)17-18-13-15-19(16-14-18)21-11-6-7-12-22(21)25(29)30/h6-7,11-16,20H,2-5,8-10,17H2,1H3,(H,29,30). The first-order valence-electron chi connectivity index (χ1n) is 11.0. The Labute approximate surface area is 177 Å². The van der Waals surface area contributed by atoms with E-state index >= 15 is 0 Å². The molecular formula is C25H29N3O2.